The van der Waals surface area contributed by atoms with E-state index in [0.29, 0.717) is 19.5 Å². The zero-order valence-corrected chi connectivity index (χ0v) is 11.6. The average molecular weight is 275 g/mol. The molecule has 1 rings (SSSR count). The van der Waals surface area contributed by atoms with Crippen LogP contribution in [-0.2, 0) is 11.3 Å². The van der Waals surface area contributed by atoms with Crippen molar-refractivity contribution in [2.45, 2.75) is 25.9 Å². The lowest BCUT2D eigenvalue weighted by Gasteiger charge is -2.21. The minimum atomic E-state index is -0.0943. The number of amides is 1. The predicted octanol–water partition coefficient (Wildman–Crippen LogP) is 2.42. The number of hydrogen-bond acceptors (Lipinski definition) is 3. The van der Waals surface area contributed by atoms with Gasteiger partial charge in [0.25, 0.3) is 0 Å². The van der Waals surface area contributed by atoms with Gasteiger partial charge in [0.05, 0.1) is 6.54 Å². The van der Waals surface area contributed by atoms with Crippen LogP contribution >= 0.6 is 23.7 Å². The van der Waals surface area contributed by atoms with Crippen LogP contribution in [-0.4, -0.2) is 23.4 Å². The van der Waals surface area contributed by atoms with Crippen LogP contribution in [0, 0.1) is 0 Å². The van der Waals surface area contributed by atoms with Crippen molar-refractivity contribution in [2.75, 3.05) is 6.54 Å². The second kappa shape index (κ2) is 8.28. The Morgan fingerprint density at radius 1 is 1.71 bits per heavy atom. The van der Waals surface area contributed by atoms with Crippen LogP contribution in [0.15, 0.2) is 30.2 Å². The predicted molar refractivity (Wildman–Crippen MR) is 75.4 cm³/mol. The summed E-state index contributed by atoms with van der Waals surface area (Å²) in [7, 11) is 0. The molecule has 17 heavy (non-hydrogen) atoms. The third-order valence-electron chi connectivity index (χ3n) is 2.13. The van der Waals surface area contributed by atoms with Gasteiger partial charge in [-0.2, -0.15) is 0 Å². The molecule has 3 nitrogen and oxygen atoms in total. The Bertz CT molecular complexity index is 338. The van der Waals surface area contributed by atoms with Crippen LogP contribution in [0.4, 0.5) is 0 Å². The highest BCUT2D eigenvalue weighted by molar-refractivity contribution is 7.09. The van der Waals surface area contributed by atoms with Crippen LogP contribution in [0.1, 0.15) is 18.2 Å². The van der Waals surface area contributed by atoms with Crippen LogP contribution < -0.4 is 5.73 Å². The van der Waals surface area contributed by atoms with E-state index in [1.165, 1.54) is 4.88 Å². The van der Waals surface area contributed by atoms with E-state index >= 15 is 0 Å². The highest BCUT2D eigenvalue weighted by atomic mass is 35.5. The summed E-state index contributed by atoms with van der Waals surface area (Å²) in [5.74, 6) is 0.0864. The molecule has 2 N–H and O–H groups in total. The Hall–Kier alpha value is -0.840. The molecule has 0 aliphatic carbocycles. The number of carbonyl (C=O) groups is 1. The third-order valence-corrected chi connectivity index (χ3v) is 2.99. The second-order valence-electron chi connectivity index (χ2n) is 3.82. The molecule has 0 aliphatic heterocycles. The SMILES string of the molecule is C=CCN(Cc1cccs1)C(=O)CC(C)N.Cl. The van der Waals surface area contributed by atoms with Gasteiger partial charge in [-0.1, -0.05) is 12.1 Å². The van der Waals surface area contributed by atoms with Crippen LogP contribution in [0.5, 0.6) is 0 Å². The number of halogens is 1. The lowest BCUT2D eigenvalue weighted by atomic mass is 10.2. The molecule has 0 spiro atoms. The lowest BCUT2D eigenvalue weighted by molar-refractivity contribution is -0.131. The van der Waals surface area contributed by atoms with E-state index in [4.69, 9.17) is 5.73 Å². The van der Waals surface area contributed by atoms with E-state index in [0.717, 1.165) is 0 Å². The maximum atomic E-state index is 11.9. The van der Waals surface area contributed by atoms with E-state index in [2.05, 4.69) is 6.58 Å². The first-order valence-electron chi connectivity index (χ1n) is 5.30. The topological polar surface area (TPSA) is 46.3 Å². The number of thiophene rings is 1. The Balaban J connectivity index is 0.00000256. The summed E-state index contributed by atoms with van der Waals surface area (Å²) in [6.07, 6.45) is 2.13. The molecule has 96 valence electrons. The summed E-state index contributed by atoms with van der Waals surface area (Å²) in [5.41, 5.74) is 5.63. The van der Waals surface area contributed by atoms with Gasteiger partial charge in [0.1, 0.15) is 0 Å². The smallest absolute Gasteiger partial charge is 0.224 e. The van der Waals surface area contributed by atoms with Crippen molar-refractivity contribution in [3.63, 3.8) is 0 Å². The monoisotopic (exact) mass is 274 g/mol. The molecule has 0 radical (unpaired) electrons. The van der Waals surface area contributed by atoms with Crippen molar-refractivity contribution in [1.29, 1.82) is 0 Å². The van der Waals surface area contributed by atoms with E-state index < -0.39 is 0 Å². The van der Waals surface area contributed by atoms with E-state index in [1.54, 1.807) is 22.3 Å². The van der Waals surface area contributed by atoms with Gasteiger partial charge < -0.3 is 10.6 Å². The average Bonchev–Trinajstić information content (AvgIpc) is 2.68. The van der Waals surface area contributed by atoms with Crippen LogP contribution in [0.3, 0.4) is 0 Å². The van der Waals surface area contributed by atoms with Gasteiger partial charge in [-0.05, 0) is 18.4 Å². The molecular formula is C12H19ClN2OS. The summed E-state index contributed by atoms with van der Waals surface area (Å²) in [6.45, 7) is 6.73. The summed E-state index contributed by atoms with van der Waals surface area (Å²) >= 11 is 1.65. The number of nitrogens with two attached hydrogens (primary N) is 1. The molecule has 1 heterocycles. The van der Waals surface area contributed by atoms with Crippen molar-refractivity contribution < 1.29 is 4.79 Å². The Morgan fingerprint density at radius 2 is 2.41 bits per heavy atom. The molecule has 0 aliphatic rings. The molecule has 1 amide bonds. The van der Waals surface area contributed by atoms with Gasteiger partial charge >= 0.3 is 0 Å². The molecule has 0 bridgehead atoms. The van der Waals surface area contributed by atoms with E-state index in [9.17, 15) is 4.79 Å². The molecule has 0 fully saturated rings. The normalized spacial score (nSPS) is 11.4. The molecule has 1 aromatic rings. The molecular weight excluding hydrogens is 256 g/mol. The quantitative estimate of drug-likeness (QED) is 0.810. The molecule has 0 aromatic carbocycles. The van der Waals surface area contributed by atoms with Gasteiger partial charge in [0.2, 0.25) is 5.91 Å². The van der Waals surface area contributed by atoms with Crippen LogP contribution in [0.25, 0.3) is 0 Å². The van der Waals surface area contributed by atoms with Crippen molar-refractivity contribution in [1.82, 2.24) is 4.90 Å². The Labute approximate surface area is 113 Å². The van der Waals surface area contributed by atoms with Gasteiger partial charge in [-0.3, -0.25) is 4.79 Å². The largest absolute Gasteiger partial charge is 0.334 e. The summed E-state index contributed by atoms with van der Waals surface area (Å²) < 4.78 is 0. The van der Waals surface area contributed by atoms with Crippen molar-refractivity contribution in [3.05, 3.63) is 35.0 Å². The van der Waals surface area contributed by atoms with Crippen molar-refractivity contribution >= 4 is 29.7 Å². The fourth-order valence-corrected chi connectivity index (χ4v) is 2.13. The number of nitrogens with zero attached hydrogens (tertiary/aromatic N) is 1. The molecule has 0 saturated heterocycles. The third kappa shape index (κ3) is 5.86. The van der Waals surface area contributed by atoms with Gasteiger partial charge in [0, 0.05) is 23.9 Å². The van der Waals surface area contributed by atoms with E-state index in [-0.39, 0.29) is 24.4 Å². The molecule has 0 saturated carbocycles. The Kier molecular flexibility index (Phi) is 7.87. The first kappa shape index (κ1) is 16.2. The molecule has 1 aromatic heterocycles. The highest BCUT2D eigenvalue weighted by Crippen LogP contribution is 2.12. The molecule has 1 atom stereocenters. The number of hydrogen-bond donors (Lipinski definition) is 1. The minimum absolute atomic E-state index is 0. The zero-order valence-electron chi connectivity index (χ0n) is 9.96. The summed E-state index contributed by atoms with van der Waals surface area (Å²) in [6, 6.07) is 3.92. The fourth-order valence-electron chi connectivity index (χ4n) is 1.41. The first-order chi connectivity index (χ1) is 7.63. The highest BCUT2D eigenvalue weighted by Gasteiger charge is 2.14. The summed E-state index contributed by atoms with van der Waals surface area (Å²) in [4.78, 5) is 14.8. The van der Waals surface area contributed by atoms with Crippen LogP contribution in [0.2, 0.25) is 0 Å². The number of rotatable bonds is 6. The number of carbonyl (C=O) groups excluding carboxylic acids is 1. The lowest BCUT2D eigenvalue weighted by Crippen LogP contribution is -2.34. The molecule has 5 heteroatoms. The van der Waals surface area contributed by atoms with Crippen molar-refractivity contribution in [3.8, 4) is 0 Å². The standard InChI is InChI=1S/C12H18N2OS.ClH/c1-3-6-14(12(15)8-10(2)13)9-11-5-4-7-16-11;/h3-5,7,10H,1,6,8-9,13H2,2H3;1H. The van der Waals surface area contributed by atoms with Gasteiger partial charge in [-0.25, -0.2) is 0 Å². The zero-order chi connectivity index (χ0) is 12.0. The minimum Gasteiger partial charge on any atom is -0.334 e. The van der Waals surface area contributed by atoms with E-state index in [1.807, 2.05) is 24.4 Å². The maximum absolute atomic E-state index is 11.9. The first-order valence-corrected chi connectivity index (χ1v) is 6.18. The Morgan fingerprint density at radius 3 is 2.88 bits per heavy atom. The van der Waals surface area contributed by atoms with Crippen molar-refractivity contribution in [2.24, 2.45) is 5.73 Å². The van der Waals surface area contributed by atoms with Gasteiger partial charge in [0.15, 0.2) is 0 Å². The summed E-state index contributed by atoms with van der Waals surface area (Å²) in [5, 5.41) is 2.01. The second-order valence-corrected chi connectivity index (χ2v) is 4.86. The molecule has 1 unspecified atom stereocenters. The fraction of sp³-hybridized carbons (Fsp3) is 0.417. The van der Waals surface area contributed by atoms with Gasteiger partial charge in [-0.15, -0.1) is 30.3 Å². The maximum Gasteiger partial charge on any atom is 0.224 e.